The molecule has 0 spiro atoms. The third kappa shape index (κ3) is 10.6. The summed E-state index contributed by atoms with van der Waals surface area (Å²) < 4.78 is 0. The van der Waals surface area contributed by atoms with Crippen molar-refractivity contribution in [1.82, 2.24) is 0 Å². The summed E-state index contributed by atoms with van der Waals surface area (Å²) in [5.41, 5.74) is 15.0. The number of fused-ring (bicyclic) bond motifs is 10. The zero-order valence-corrected chi connectivity index (χ0v) is 61.2. The van der Waals surface area contributed by atoms with Gasteiger partial charge in [0.2, 0.25) is 0 Å². The van der Waals surface area contributed by atoms with Crippen LogP contribution in [0.15, 0.2) is 267 Å². The Morgan fingerprint density at radius 1 is 0.260 bits per heavy atom. The molecule has 24 rings (SSSR count). The van der Waals surface area contributed by atoms with Crippen LogP contribution < -0.4 is 0 Å². The molecular weight excluding hydrogens is 1300 g/mol. The van der Waals surface area contributed by atoms with E-state index in [-0.39, 0.29) is 14.9 Å². The molecular formula is C98H84SiZr-4. The molecule has 0 aliphatic heterocycles. The van der Waals surface area contributed by atoms with Crippen molar-refractivity contribution in [1.29, 1.82) is 0 Å². The van der Waals surface area contributed by atoms with Crippen LogP contribution in [0.3, 0.4) is 0 Å². The van der Waals surface area contributed by atoms with E-state index < -0.39 is 0 Å². The number of hydrogen-bond donors (Lipinski definition) is 0. The van der Waals surface area contributed by atoms with Crippen molar-refractivity contribution >= 4 is 115 Å². The van der Waals surface area contributed by atoms with Crippen LogP contribution in [0.2, 0.25) is 0 Å². The second kappa shape index (κ2) is 25.2. The Kier molecular flexibility index (Phi) is 16.1. The maximum atomic E-state index is 3.06. The molecule has 0 atom stereocenters. The van der Waals surface area contributed by atoms with Gasteiger partial charge in [-0.1, -0.05) is 241 Å². The minimum absolute atomic E-state index is 0. The van der Waals surface area contributed by atoms with Crippen LogP contribution >= 0.6 is 0 Å². The van der Waals surface area contributed by atoms with Crippen LogP contribution in [0.4, 0.5) is 0 Å². The van der Waals surface area contributed by atoms with Crippen molar-refractivity contribution in [2.45, 2.75) is 89.9 Å². The van der Waals surface area contributed by atoms with Crippen molar-refractivity contribution in [3.05, 3.63) is 293 Å². The molecule has 8 bridgehead atoms. The SMILES string of the molecule is [CH3-].[CH3-].[Si]=[Zr].c1ccc2c(-c3ccc(-c4c5ccccc5cc5ccccc45)c4[cH-]c(CC56CC7CC(CC(C7)C5)C6)cc34)c3ccccc3cc2c1.c1ccc2c(-c3ccc(-c4c5ccccc5cc5ccccc45)c4[cH-]c(CC56CC7CC(CC(C7)C5)C6)cc34)c3ccccc3cc2c1. The molecule has 16 aromatic rings. The molecule has 2 radical (unpaired) electrons. The molecule has 0 aromatic heterocycles. The van der Waals surface area contributed by atoms with Crippen molar-refractivity contribution in [3.8, 4) is 44.5 Å². The predicted octanol–water partition coefficient (Wildman–Crippen LogP) is 27.0. The number of hydrogen-bond acceptors (Lipinski definition) is 0. The van der Waals surface area contributed by atoms with Crippen molar-refractivity contribution in [2.24, 2.45) is 46.3 Å². The summed E-state index contributed by atoms with van der Waals surface area (Å²) in [4.78, 5) is 0. The van der Waals surface area contributed by atoms with E-state index in [0.717, 1.165) is 35.5 Å². The molecule has 0 N–H and O–H groups in total. The van der Waals surface area contributed by atoms with Crippen LogP contribution in [-0.2, 0) is 36.2 Å². The van der Waals surface area contributed by atoms with Gasteiger partial charge in [0, 0.05) is 0 Å². The molecule has 488 valence electrons. The van der Waals surface area contributed by atoms with Crippen LogP contribution in [0.5, 0.6) is 0 Å². The first-order valence-corrected chi connectivity index (χ1v) is 40.9. The Bertz CT molecular complexity index is 4950. The minimum Gasteiger partial charge on any atom is -0.164 e. The fourth-order valence-corrected chi connectivity index (χ4v) is 22.9. The summed E-state index contributed by atoms with van der Waals surface area (Å²) in [5.74, 6) is 5.81. The Labute approximate surface area is 606 Å². The molecule has 8 saturated carbocycles. The zero-order valence-electron chi connectivity index (χ0n) is 57.8. The Balaban J connectivity index is 0.000000138. The average molecular weight is 1380 g/mol. The largest absolute Gasteiger partial charge is 0.164 e. The van der Waals surface area contributed by atoms with Gasteiger partial charge >= 0.3 is 30.2 Å². The summed E-state index contributed by atoms with van der Waals surface area (Å²) in [6, 6.07) is 102. The molecule has 0 saturated heterocycles. The van der Waals surface area contributed by atoms with Crippen LogP contribution in [-0.4, -0.2) is 6.88 Å². The van der Waals surface area contributed by atoms with Gasteiger partial charge in [0.15, 0.2) is 0 Å². The summed E-state index contributed by atoms with van der Waals surface area (Å²) in [6.07, 6.45) is 20.1. The third-order valence-corrected chi connectivity index (χ3v) is 25.5. The summed E-state index contributed by atoms with van der Waals surface area (Å²) in [7, 11) is 0. The van der Waals surface area contributed by atoms with E-state index in [0.29, 0.717) is 10.8 Å². The maximum Gasteiger partial charge on any atom is -0.0107 e. The molecule has 2 heteroatoms. The summed E-state index contributed by atoms with van der Waals surface area (Å²) >= 11 is 1.36. The molecule has 100 heavy (non-hydrogen) atoms. The normalized spacial score (nSPS) is 22.4. The second-order valence-electron chi connectivity index (χ2n) is 31.7. The van der Waals surface area contributed by atoms with E-state index in [2.05, 4.69) is 274 Å². The van der Waals surface area contributed by atoms with E-state index in [1.54, 1.807) is 11.1 Å². The van der Waals surface area contributed by atoms with Gasteiger partial charge in [-0.05, 0) is 269 Å². The Morgan fingerprint density at radius 3 is 0.690 bits per heavy atom. The van der Waals surface area contributed by atoms with Gasteiger partial charge in [-0.2, -0.15) is 12.1 Å². The molecule has 0 heterocycles. The van der Waals surface area contributed by atoms with Crippen molar-refractivity contribution < 1.29 is 23.3 Å². The zero-order chi connectivity index (χ0) is 64.8. The molecule has 8 aliphatic carbocycles. The van der Waals surface area contributed by atoms with Gasteiger partial charge in [0.05, 0.1) is 0 Å². The minimum atomic E-state index is 0. The standard InChI is InChI=1S/2C48H39.2CH3.Si.Zr/c2*1-5-13-38-34(9-1)24-35-10-2-6-14-39(35)46(38)42-17-18-43(47-40-15-7-3-11-36(40)25-37-12-4-8-16-41(37)47)45-23-33(22-44(42)45)29-48-26-30-19-31(27-48)21-32(20-30)28-48;;;;/h2*1-18,22-25,30-32H,19-21,26-29H2;2*1H3;;/q4*-1;;. The monoisotopic (exact) mass is 1380 g/mol. The molecule has 16 aromatic carbocycles. The third-order valence-electron chi connectivity index (χ3n) is 25.5. The van der Waals surface area contributed by atoms with Crippen molar-refractivity contribution in [3.63, 3.8) is 0 Å². The average Bonchev–Trinajstić information content (AvgIpc) is 1.45. The smallest absolute Gasteiger partial charge is 0.0107 e. The first-order chi connectivity index (χ1) is 48.4. The van der Waals surface area contributed by atoms with Gasteiger partial charge in [0.1, 0.15) is 0 Å². The maximum absolute atomic E-state index is 3.06. The van der Waals surface area contributed by atoms with E-state index in [4.69, 9.17) is 0 Å². The van der Waals surface area contributed by atoms with Gasteiger partial charge in [-0.3, -0.25) is 0 Å². The fourth-order valence-electron chi connectivity index (χ4n) is 22.9. The number of rotatable bonds is 8. The fraction of sp³-hybridized carbons (Fsp3) is 0.224. The first kappa shape index (κ1) is 63.6. The van der Waals surface area contributed by atoms with Gasteiger partial charge in [-0.25, -0.2) is 0 Å². The van der Waals surface area contributed by atoms with Gasteiger partial charge in [0.25, 0.3) is 0 Å². The van der Waals surface area contributed by atoms with Gasteiger partial charge < -0.3 is 14.9 Å². The molecule has 8 fully saturated rings. The quantitative estimate of drug-likeness (QED) is 0.0808. The van der Waals surface area contributed by atoms with E-state index in [1.807, 2.05) is 0 Å². The molecule has 8 aliphatic rings. The molecule has 0 nitrogen and oxygen atoms in total. The Morgan fingerprint density at radius 2 is 0.460 bits per heavy atom. The van der Waals surface area contributed by atoms with E-state index >= 15 is 0 Å². The van der Waals surface area contributed by atoms with E-state index in [1.165, 1.54) is 265 Å². The van der Waals surface area contributed by atoms with Crippen molar-refractivity contribution in [2.75, 3.05) is 0 Å². The van der Waals surface area contributed by atoms with Crippen LogP contribution in [0.1, 0.15) is 88.2 Å². The van der Waals surface area contributed by atoms with E-state index in [9.17, 15) is 0 Å². The van der Waals surface area contributed by atoms with Crippen LogP contribution in [0, 0.1) is 61.2 Å². The Hall–Kier alpha value is -8.52. The molecule has 0 amide bonds. The summed E-state index contributed by atoms with van der Waals surface area (Å²) in [6.45, 7) is 3.06. The molecule has 0 unspecified atom stereocenters. The topological polar surface area (TPSA) is 0 Å². The predicted molar refractivity (Wildman–Crippen MR) is 428 cm³/mol. The first-order valence-electron chi connectivity index (χ1n) is 36.7. The second-order valence-corrected chi connectivity index (χ2v) is 31.7. The van der Waals surface area contributed by atoms with Gasteiger partial charge in [-0.15, -0.1) is 44.8 Å². The van der Waals surface area contributed by atoms with Crippen LogP contribution in [0.25, 0.3) is 152 Å². The summed E-state index contributed by atoms with van der Waals surface area (Å²) in [5, 5.41) is 26.8. The number of benzene rings is 14.